The topological polar surface area (TPSA) is 101 Å². The molecule has 1 aromatic heterocycles. The zero-order valence-corrected chi connectivity index (χ0v) is 11.4. The summed E-state index contributed by atoms with van der Waals surface area (Å²) in [5.74, 6) is 0.484. The lowest BCUT2D eigenvalue weighted by Crippen LogP contribution is -2.05. The summed E-state index contributed by atoms with van der Waals surface area (Å²) in [5.41, 5.74) is 1.06. The van der Waals surface area contributed by atoms with Crippen LogP contribution in [0.1, 0.15) is 5.56 Å². The van der Waals surface area contributed by atoms with Crippen LogP contribution in [0.15, 0.2) is 40.4 Å². The molecule has 0 fully saturated rings. The SMILES string of the molecule is CNc1ccc(CSc2nccc(=O)[nH]2)cc1[N+](=O)[O-]. The fourth-order valence-electron chi connectivity index (χ4n) is 1.61. The fraction of sp³-hybridized carbons (Fsp3) is 0.167. The Morgan fingerprint density at radius 2 is 2.25 bits per heavy atom. The minimum Gasteiger partial charge on any atom is -0.383 e. The van der Waals surface area contributed by atoms with E-state index in [1.807, 2.05) is 0 Å². The van der Waals surface area contributed by atoms with Crippen molar-refractivity contribution >= 4 is 23.1 Å². The maximum absolute atomic E-state index is 11.1. The second kappa shape index (κ2) is 6.20. The van der Waals surface area contributed by atoms with Crippen molar-refractivity contribution in [2.75, 3.05) is 12.4 Å². The number of hydrogen-bond acceptors (Lipinski definition) is 6. The Balaban J connectivity index is 2.16. The number of benzene rings is 1. The van der Waals surface area contributed by atoms with Gasteiger partial charge in [-0.15, -0.1) is 0 Å². The summed E-state index contributed by atoms with van der Waals surface area (Å²) in [5, 5.41) is 14.2. The molecule has 2 rings (SSSR count). The van der Waals surface area contributed by atoms with Crippen molar-refractivity contribution < 1.29 is 4.92 Å². The molecule has 0 atom stereocenters. The second-order valence-corrected chi connectivity index (χ2v) is 4.85. The Morgan fingerprint density at radius 3 is 2.90 bits per heavy atom. The van der Waals surface area contributed by atoms with Crippen LogP contribution >= 0.6 is 11.8 Å². The van der Waals surface area contributed by atoms with Gasteiger partial charge in [0.05, 0.1) is 4.92 Å². The molecule has 0 saturated heterocycles. The second-order valence-electron chi connectivity index (χ2n) is 3.89. The first kappa shape index (κ1) is 14.1. The molecule has 104 valence electrons. The van der Waals surface area contributed by atoms with Gasteiger partial charge in [-0.2, -0.15) is 0 Å². The van der Waals surface area contributed by atoms with E-state index in [-0.39, 0.29) is 11.2 Å². The first-order valence-electron chi connectivity index (χ1n) is 5.73. The van der Waals surface area contributed by atoms with E-state index < -0.39 is 4.92 Å². The van der Waals surface area contributed by atoms with Crippen molar-refractivity contribution in [2.45, 2.75) is 10.9 Å². The van der Waals surface area contributed by atoms with Crippen LogP contribution in [-0.4, -0.2) is 21.9 Å². The number of nitro benzene ring substituents is 1. The Hall–Kier alpha value is -2.35. The number of nitrogens with zero attached hydrogens (tertiary/aromatic N) is 2. The predicted octanol–water partition coefficient (Wildman–Crippen LogP) is 2.01. The molecule has 1 heterocycles. The van der Waals surface area contributed by atoms with Crippen LogP contribution in [-0.2, 0) is 5.75 Å². The summed E-state index contributed by atoms with van der Waals surface area (Å²) in [4.78, 5) is 28.2. The lowest BCUT2D eigenvalue weighted by molar-refractivity contribution is -0.384. The number of thioether (sulfide) groups is 1. The molecule has 2 aromatic rings. The zero-order chi connectivity index (χ0) is 14.5. The molecule has 0 unspecified atom stereocenters. The van der Waals surface area contributed by atoms with Crippen molar-refractivity contribution in [3.8, 4) is 0 Å². The molecule has 20 heavy (non-hydrogen) atoms. The molecule has 7 nitrogen and oxygen atoms in total. The fourth-order valence-corrected chi connectivity index (χ4v) is 2.40. The van der Waals surface area contributed by atoms with Crippen molar-refractivity contribution in [1.82, 2.24) is 9.97 Å². The van der Waals surface area contributed by atoms with Gasteiger partial charge in [0.15, 0.2) is 5.16 Å². The standard InChI is InChI=1S/C12H12N4O3S/c1-13-9-3-2-8(6-10(9)16(18)19)7-20-12-14-5-4-11(17)15-12/h2-6,13H,7H2,1H3,(H,14,15,17). The first-order chi connectivity index (χ1) is 9.60. The van der Waals surface area contributed by atoms with Crippen molar-refractivity contribution in [3.05, 3.63) is 56.5 Å². The highest BCUT2D eigenvalue weighted by Crippen LogP contribution is 2.27. The summed E-state index contributed by atoms with van der Waals surface area (Å²) >= 11 is 1.31. The molecule has 0 spiro atoms. The van der Waals surface area contributed by atoms with Gasteiger partial charge in [0.2, 0.25) is 0 Å². The smallest absolute Gasteiger partial charge is 0.292 e. The normalized spacial score (nSPS) is 10.2. The Bertz CT molecular complexity index is 686. The van der Waals surface area contributed by atoms with Gasteiger partial charge in [0.1, 0.15) is 5.69 Å². The molecule has 0 aliphatic heterocycles. The number of rotatable bonds is 5. The van der Waals surface area contributed by atoms with E-state index in [0.29, 0.717) is 16.6 Å². The highest BCUT2D eigenvalue weighted by molar-refractivity contribution is 7.98. The van der Waals surface area contributed by atoms with E-state index in [1.54, 1.807) is 19.2 Å². The number of H-pyrrole nitrogens is 1. The highest BCUT2D eigenvalue weighted by Gasteiger charge is 2.13. The minimum atomic E-state index is -0.428. The molecule has 0 bridgehead atoms. The first-order valence-corrected chi connectivity index (χ1v) is 6.72. The number of aromatic nitrogens is 2. The molecule has 0 saturated carbocycles. The number of anilines is 1. The average Bonchev–Trinajstić information content (AvgIpc) is 2.45. The molecule has 0 amide bonds. The van der Waals surface area contributed by atoms with Gasteiger partial charge in [-0.1, -0.05) is 17.8 Å². The Labute approximate surface area is 118 Å². The number of hydrogen-bond donors (Lipinski definition) is 2. The predicted molar refractivity (Wildman–Crippen MR) is 77.1 cm³/mol. The van der Waals surface area contributed by atoms with Gasteiger partial charge in [0, 0.05) is 31.1 Å². The number of aromatic amines is 1. The van der Waals surface area contributed by atoms with E-state index in [4.69, 9.17) is 0 Å². The molecule has 2 N–H and O–H groups in total. The molecule has 8 heteroatoms. The molecule has 0 aliphatic carbocycles. The quantitative estimate of drug-likeness (QED) is 0.378. The maximum Gasteiger partial charge on any atom is 0.292 e. The zero-order valence-electron chi connectivity index (χ0n) is 10.6. The van der Waals surface area contributed by atoms with E-state index in [9.17, 15) is 14.9 Å². The van der Waals surface area contributed by atoms with Crippen LogP contribution in [0.2, 0.25) is 0 Å². The van der Waals surface area contributed by atoms with E-state index in [2.05, 4.69) is 15.3 Å². The summed E-state index contributed by atoms with van der Waals surface area (Å²) in [6.07, 6.45) is 1.42. The third-order valence-electron chi connectivity index (χ3n) is 2.55. The summed E-state index contributed by atoms with van der Waals surface area (Å²) in [6.45, 7) is 0. The third kappa shape index (κ3) is 3.35. The summed E-state index contributed by atoms with van der Waals surface area (Å²) in [7, 11) is 1.63. The van der Waals surface area contributed by atoms with Crippen LogP contribution in [0, 0.1) is 10.1 Å². The van der Waals surface area contributed by atoms with Gasteiger partial charge in [-0.3, -0.25) is 14.9 Å². The van der Waals surface area contributed by atoms with Crippen molar-refractivity contribution in [1.29, 1.82) is 0 Å². The molecule has 0 aliphatic rings. The molecular weight excluding hydrogens is 280 g/mol. The monoisotopic (exact) mass is 292 g/mol. The van der Waals surface area contributed by atoms with Crippen LogP contribution < -0.4 is 10.9 Å². The lowest BCUT2D eigenvalue weighted by Gasteiger charge is -2.05. The van der Waals surface area contributed by atoms with E-state index in [0.717, 1.165) is 5.56 Å². The van der Waals surface area contributed by atoms with Crippen LogP contribution in [0.4, 0.5) is 11.4 Å². The average molecular weight is 292 g/mol. The largest absolute Gasteiger partial charge is 0.383 e. The van der Waals surface area contributed by atoms with Gasteiger partial charge in [-0.05, 0) is 11.6 Å². The van der Waals surface area contributed by atoms with Crippen LogP contribution in [0.25, 0.3) is 0 Å². The Kier molecular flexibility index (Phi) is 4.36. The van der Waals surface area contributed by atoms with Crippen molar-refractivity contribution in [3.63, 3.8) is 0 Å². The Morgan fingerprint density at radius 1 is 1.45 bits per heavy atom. The van der Waals surface area contributed by atoms with Crippen LogP contribution in [0.3, 0.4) is 0 Å². The third-order valence-corrected chi connectivity index (χ3v) is 3.51. The number of nitrogens with one attached hydrogen (secondary N) is 2. The van der Waals surface area contributed by atoms with Crippen molar-refractivity contribution in [2.24, 2.45) is 0 Å². The van der Waals surface area contributed by atoms with Gasteiger partial charge < -0.3 is 10.3 Å². The summed E-state index contributed by atoms with van der Waals surface area (Å²) in [6, 6.07) is 6.30. The van der Waals surface area contributed by atoms with Crippen LogP contribution in [0.5, 0.6) is 0 Å². The highest BCUT2D eigenvalue weighted by atomic mass is 32.2. The van der Waals surface area contributed by atoms with E-state index >= 15 is 0 Å². The minimum absolute atomic E-state index is 0.0279. The lowest BCUT2D eigenvalue weighted by atomic mass is 10.2. The summed E-state index contributed by atoms with van der Waals surface area (Å²) < 4.78 is 0. The molecule has 1 aromatic carbocycles. The van der Waals surface area contributed by atoms with E-state index in [1.165, 1.54) is 30.1 Å². The maximum atomic E-state index is 11.1. The van der Waals surface area contributed by atoms with Gasteiger partial charge in [-0.25, -0.2) is 4.98 Å². The number of nitro groups is 1. The van der Waals surface area contributed by atoms with Gasteiger partial charge >= 0.3 is 0 Å². The molecular formula is C12H12N4O3S. The molecule has 0 radical (unpaired) electrons. The van der Waals surface area contributed by atoms with Gasteiger partial charge in [0.25, 0.3) is 11.2 Å².